The molecule has 0 aliphatic heterocycles. The van der Waals surface area contributed by atoms with E-state index >= 15 is 0 Å². The Kier molecular flexibility index (Phi) is 4.93. The number of hydrogen-bond donors (Lipinski definition) is 2. The van der Waals surface area contributed by atoms with Gasteiger partial charge in [-0.3, -0.25) is 4.79 Å². The summed E-state index contributed by atoms with van der Waals surface area (Å²) in [7, 11) is 0. The molecule has 0 radical (unpaired) electrons. The lowest BCUT2D eigenvalue weighted by Crippen LogP contribution is -2.40. The minimum absolute atomic E-state index is 0.385. The lowest BCUT2D eigenvalue weighted by Gasteiger charge is -2.13. The van der Waals surface area contributed by atoms with Crippen LogP contribution in [0.2, 0.25) is 0 Å². The molecule has 0 saturated heterocycles. The van der Waals surface area contributed by atoms with E-state index in [0.29, 0.717) is 18.4 Å². The van der Waals surface area contributed by atoms with Crippen molar-refractivity contribution in [3.05, 3.63) is 47.8 Å². The molecule has 22 heavy (non-hydrogen) atoms. The molecule has 116 valence electrons. The second-order valence-corrected chi connectivity index (χ2v) is 5.10. The van der Waals surface area contributed by atoms with Gasteiger partial charge in [-0.1, -0.05) is 13.3 Å². The molecular formula is C16H19N3O3. The molecule has 0 bridgehead atoms. The molecule has 6 heteroatoms. The van der Waals surface area contributed by atoms with Crippen molar-refractivity contribution < 1.29 is 14.7 Å². The highest BCUT2D eigenvalue weighted by Crippen LogP contribution is 2.10. The van der Waals surface area contributed by atoms with Crippen molar-refractivity contribution >= 4 is 11.9 Å². The van der Waals surface area contributed by atoms with Crippen LogP contribution in [-0.4, -0.2) is 32.8 Å². The molecule has 0 spiro atoms. The van der Waals surface area contributed by atoms with Gasteiger partial charge >= 0.3 is 5.97 Å². The molecular weight excluding hydrogens is 282 g/mol. The van der Waals surface area contributed by atoms with Gasteiger partial charge in [0, 0.05) is 11.8 Å². The fourth-order valence-electron chi connectivity index (χ4n) is 2.11. The number of nitrogens with one attached hydrogen (secondary N) is 1. The minimum atomic E-state index is -1.01. The second-order valence-electron chi connectivity index (χ2n) is 5.10. The van der Waals surface area contributed by atoms with Crippen LogP contribution in [0, 0.1) is 6.92 Å². The molecule has 1 aromatic heterocycles. The molecule has 2 aromatic rings. The Bertz CT molecular complexity index is 662. The zero-order valence-electron chi connectivity index (χ0n) is 12.6. The van der Waals surface area contributed by atoms with E-state index in [2.05, 4.69) is 10.4 Å². The van der Waals surface area contributed by atoms with Gasteiger partial charge in [0.25, 0.3) is 5.91 Å². The van der Waals surface area contributed by atoms with Gasteiger partial charge < -0.3 is 10.4 Å². The van der Waals surface area contributed by atoms with E-state index in [1.54, 1.807) is 28.9 Å². The van der Waals surface area contributed by atoms with Crippen LogP contribution in [-0.2, 0) is 4.79 Å². The number of carboxylic acid groups (broad SMARTS) is 1. The van der Waals surface area contributed by atoms with E-state index in [1.165, 1.54) is 0 Å². The summed E-state index contributed by atoms with van der Waals surface area (Å²) in [5.74, 6) is -1.40. The lowest BCUT2D eigenvalue weighted by atomic mass is 10.1. The highest BCUT2D eigenvalue weighted by molar-refractivity contribution is 5.96. The predicted octanol–water partition coefficient (Wildman–Crippen LogP) is 2.16. The number of nitrogens with zero attached hydrogens (tertiary/aromatic N) is 2. The molecule has 0 saturated carbocycles. The molecule has 0 fully saturated rings. The monoisotopic (exact) mass is 301 g/mol. The first kappa shape index (κ1) is 15.8. The maximum Gasteiger partial charge on any atom is 0.326 e. The Morgan fingerprint density at radius 2 is 1.95 bits per heavy atom. The van der Waals surface area contributed by atoms with Crippen LogP contribution in [0.25, 0.3) is 5.69 Å². The number of hydrogen-bond acceptors (Lipinski definition) is 3. The number of aromatic nitrogens is 2. The van der Waals surface area contributed by atoms with E-state index in [4.69, 9.17) is 5.11 Å². The Labute approximate surface area is 128 Å². The van der Waals surface area contributed by atoms with E-state index in [1.807, 2.05) is 26.1 Å². The second kappa shape index (κ2) is 6.89. The van der Waals surface area contributed by atoms with E-state index in [-0.39, 0.29) is 5.91 Å². The van der Waals surface area contributed by atoms with Crippen molar-refractivity contribution in [3.63, 3.8) is 0 Å². The highest BCUT2D eigenvalue weighted by Gasteiger charge is 2.19. The average Bonchev–Trinajstić information content (AvgIpc) is 2.93. The summed E-state index contributed by atoms with van der Waals surface area (Å²) in [5, 5.41) is 15.9. The molecule has 6 nitrogen and oxygen atoms in total. The normalized spacial score (nSPS) is 11.9. The Morgan fingerprint density at radius 1 is 1.27 bits per heavy atom. The standard InChI is InChI=1S/C16H19N3O3/c1-3-4-14(16(21)22)17-15(20)12-5-7-13(8-6-12)19-10-9-11(2)18-19/h5-10,14H,3-4H2,1-2H3,(H,17,20)(H,21,22). The highest BCUT2D eigenvalue weighted by atomic mass is 16.4. The van der Waals surface area contributed by atoms with Gasteiger partial charge in [0.2, 0.25) is 0 Å². The molecule has 0 aliphatic rings. The van der Waals surface area contributed by atoms with Gasteiger partial charge in [-0.25, -0.2) is 9.48 Å². The summed E-state index contributed by atoms with van der Waals surface area (Å²) >= 11 is 0. The van der Waals surface area contributed by atoms with Crippen LogP contribution < -0.4 is 5.32 Å². The summed E-state index contributed by atoms with van der Waals surface area (Å²) in [6.45, 7) is 3.78. The molecule has 1 atom stereocenters. The smallest absolute Gasteiger partial charge is 0.326 e. The zero-order chi connectivity index (χ0) is 16.1. The number of rotatable bonds is 6. The molecule has 1 unspecified atom stereocenters. The van der Waals surface area contributed by atoms with Gasteiger partial charge in [0.05, 0.1) is 11.4 Å². The molecule has 1 aromatic carbocycles. The van der Waals surface area contributed by atoms with Crippen LogP contribution in [0.3, 0.4) is 0 Å². The van der Waals surface area contributed by atoms with Gasteiger partial charge in [0.15, 0.2) is 0 Å². The quantitative estimate of drug-likeness (QED) is 0.856. The summed E-state index contributed by atoms with van der Waals surface area (Å²) in [5.41, 5.74) is 2.17. The topological polar surface area (TPSA) is 84.2 Å². The van der Waals surface area contributed by atoms with Gasteiger partial charge in [-0.15, -0.1) is 0 Å². The third-order valence-corrected chi connectivity index (χ3v) is 3.30. The van der Waals surface area contributed by atoms with Crippen LogP contribution in [0.4, 0.5) is 0 Å². The molecule has 1 heterocycles. The fraction of sp³-hybridized carbons (Fsp3) is 0.312. The van der Waals surface area contributed by atoms with Crippen LogP contribution in [0.15, 0.2) is 36.5 Å². The molecule has 2 rings (SSSR count). The van der Waals surface area contributed by atoms with E-state index in [9.17, 15) is 9.59 Å². The predicted molar refractivity (Wildman–Crippen MR) is 82.1 cm³/mol. The minimum Gasteiger partial charge on any atom is -0.480 e. The summed E-state index contributed by atoms with van der Waals surface area (Å²) in [6.07, 6.45) is 2.94. The third-order valence-electron chi connectivity index (χ3n) is 3.30. The first-order valence-electron chi connectivity index (χ1n) is 7.17. The summed E-state index contributed by atoms with van der Waals surface area (Å²) in [4.78, 5) is 23.2. The van der Waals surface area contributed by atoms with Gasteiger partial charge in [-0.2, -0.15) is 5.10 Å². The first-order chi connectivity index (χ1) is 10.5. The largest absolute Gasteiger partial charge is 0.480 e. The number of amides is 1. The first-order valence-corrected chi connectivity index (χ1v) is 7.17. The number of aryl methyl sites for hydroxylation is 1. The van der Waals surface area contributed by atoms with Crippen molar-refractivity contribution in [2.75, 3.05) is 0 Å². The number of benzene rings is 1. The van der Waals surface area contributed by atoms with E-state index < -0.39 is 12.0 Å². The SMILES string of the molecule is CCCC(NC(=O)c1ccc(-n2ccc(C)n2)cc1)C(=O)O. The Morgan fingerprint density at radius 3 is 2.45 bits per heavy atom. The third kappa shape index (κ3) is 3.72. The van der Waals surface area contributed by atoms with Crippen molar-refractivity contribution in [1.29, 1.82) is 0 Å². The van der Waals surface area contributed by atoms with Gasteiger partial charge in [-0.05, 0) is 43.7 Å². The lowest BCUT2D eigenvalue weighted by molar-refractivity contribution is -0.139. The molecule has 2 N–H and O–H groups in total. The van der Waals surface area contributed by atoms with Crippen LogP contribution in [0.5, 0.6) is 0 Å². The number of aliphatic carboxylic acids is 1. The summed E-state index contributed by atoms with van der Waals surface area (Å²) in [6, 6.07) is 7.90. The number of carbonyl (C=O) groups is 2. The average molecular weight is 301 g/mol. The van der Waals surface area contributed by atoms with Gasteiger partial charge in [0.1, 0.15) is 6.04 Å². The number of carboxylic acids is 1. The maximum absolute atomic E-state index is 12.1. The zero-order valence-corrected chi connectivity index (χ0v) is 12.6. The summed E-state index contributed by atoms with van der Waals surface area (Å²) < 4.78 is 1.72. The van der Waals surface area contributed by atoms with Crippen molar-refractivity contribution in [2.45, 2.75) is 32.7 Å². The maximum atomic E-state index is 12.1. The van der Waals surface area contributed by atoms with Crippen LogP contribution in [0.1, 0.15) is 35.8 Å². The van der Waals surface area contributed by atoms with Crippen molar-refractivity contribution in [2.24, 2.45) is 0 Å². The fourth-order valence-corrected chi connectivity index (χ4v) is 2.11. The van der Waals surface area contributed by atoms with Crippen molar-refractivity contribution in [3.8, 4) is 5.69 Å². The Hall–Kier alpha value is -2.63. The molecule has 1 amide bonds. The number of carbonyl (C=O) groups excluding carboxylic acids is 1. The Balaban J connectivity index is 2.09. The van der Waals surface area contributed by atoms with Crippen molar-refractivity contribution in [1.82, 2.24) is 15.1 Å². The van der Waals surface area contributed by atoms with E-state index in [0.717, 1.165) is 11.4 Å². The van der Waals surface area contributed by atoms with Crippen LogP contribution >= 0.6 is 0 Å². The molecule has 0 aliphatic carbocycles.